The van der Waals surface area contributed by atoms with Crippen molar-refractivity contribution in [3.05, 3.63) is 34.5 Å². The van der Waals surface area contributed by atoms with Crippen LogP contribution in [0, 0.1) is 11.3 Å². The molecule has 1 aromatic carbocycles. The molecule has 0 unspecified atom stereocenters. The third-order valence-corrected chi connectivity index (χ3v) is 7.73. The number of thiophene rings is 1. The number of fused-ring (bicyclic) bond motifs is 3. The van der Waals surface area contributed by atoms with E-state index in [-0.39, 0.29) is 12.0 Å². The van der Waals surface area contributed by atoms with Gasteiger partial charge in [-0.15, -0.1) is 11.3 Å². The standard InChI is InChI=1S/C25H30N6O2S/c1-14(2)33-20-11-18(27)16(12-26)9-19(20)30-23-22-17-6-5-15(25(32)31-7-3-4-8-31)10-21(17)34-24(22)29-13-28-23/h9,11-15,26H,3-8,10,27H2,1-2H3,(H,28,29,30)/t15-/m0/s1. The number of amides is 1. The van der Waals surface area contributed by atoms with Crippen LogP contribution in [0.5, 0.6) is 5.75 Å². The van der Waals surface area contributed by atoms with Crippen molar-refractivity contribution in [1.82, 2.24) is 14.9 Å². The van der Waals surface area contributed by atoms with Crippen LogP contribution in [-0.4, -0.2) is 46.2 Å². The van der Waals surface area contributed by atoms with Gasteiger partial charge in [-0.05, 0) is 57.6 Å². The summed E-state index contributed by atoms with van der Waals surface area (Å²) in [5.74, 6) is 1.69. The maximum atomic E-state index is 13.0. The van der Waals surface area contributed by atoms with Crippen molar-refractivity contribution in [1.29, 1.82) is 5.41 Å². The summed E-state index contributed by atoms with van der Waals surface area (Å²) in [7, 11) is 0. The van der Waals surface area contributed by atoms with Gasteiger partial charge in [-0.1, -0.05) is 0 Å². The summed E-state index contributed by atoms with van der Waals surface area (Å²) in [5.41, 5.74) is 9.15. The Bertz CT molecular complexity index is 1250. The van der Waals surface area contributed by atoms with Gasteiger partial charge >= 0.3 is 0 Å². The van der Waals surface area contributed by atoms with Gasteiger partial charge in [0, 0.05) is 47.4 Å². The van der Waals surface area contributed by atoms with Gasteiger partial charge < -0.3 is 26.1 Å². The minimum atomic E-state index is -0.0322. The van der Waals surface area contributed by atoms with E-state index in [4.69, 9.17) is 15.9 Å². The quantitative estimate of drug-likeness (QED) is 0.354. The number of ether oxygens (including phenoxy) is 1. The molecule has 4 N–H and O–H groups in total. The number of hydrogen-bond donors (Lipinski definition) is 3. The van der Waals surface area contributed by atoms with Crippen LogP contribution in [0.15, 0.2) is 18.5 Å². The molecule has 3 heterocycles. The molecule has 5 rings (SSSR count). The molecule has 1 atom stereocenters. The average molecular weight is 479 g/mol. The number of nitrogens with one attached hydrogen (secondary N) is 2. The zero-order valence-electron chi connectivity index (χ0n) is 19.6. The van der Waals surface area contributed by atoms with Crippen molar-refractivity contribution in [2.24, 2.45) is 5.92 Å². The van der Waals surface area contributed by atoms with Gasteiger partial charge in [0.15, 0.2) is 0 Å². The van der Waals surface area contributed by atoms with E-state index < -0.39 is 0 Å². The molecule has 0 bridgehead atoms. The van der Waals surface area contributed by atoms with E-state index in [1.807, 2.05) is 24.8 Å². The number of nitrogens with zero attached hydrogens (tertiary/aromatic N) is 3. The van der Waals surface area contributed by atoms with Crippen LogP contribution < -0.4 is 15.8 Å². The second-order valence-electron chi connectivity index (χ2n) is 9.29. The highest BCUT2D eigenvalue weighted by Gasteiger charge is 2.32. The van der Waals surface area contributed by atoms with E-state index >= 15 is 0 Å². The number of aryl methyl sites for hydroxylation is 1. The number of carbonyl (C=O) groups is 1. The second-order valence-corrected chi connectivity index (χ2v) is 10.4. The molecule has 2 aliphatic rings. The number of nitrogens with two attached hydrogens (primary N) is 1. The largest absolute Gasteiger partial charge is 0.489 e. The van der Waals surface area contributed by atoms with E-state index in [0.29, 0.717) is 34.4 Å². The van der Waals surface area contributed by atoms with E-state index in [1.165, 1.54) is 16.7 Å². The highest BCUT2D eigenvalue weighted by atomic mass is 32.1. The van der Waals surface area contributed by atoms with E-state index in [1.54, 1.807) is 23.7 Å². The predicted molar refractivity (Wildman–Crippen MR) is 137 cm³/mol. The smallest absolute Gasteiger partial charge is 0.226 e. The summed E-state index contributed by atoms with van der Waals surface area (Å²) < 4.78 is 5.99. The Morgan fingerprint density at radius 2 is 2.12 bits per heavy atom. The Morgan fingerprint density at radius 1 is 1.32 bits per heavy atom. The summed E-state index contributed by atoms with van der Waals surface area (Å²) in [4.78, 5) is 26.3. The molecular weight excluding hydrogens is 448 g/mol. The first-order chi connectivity index (χ1) is 16.4. The Kier molecular flexibility index (Phi) is 6.12. The SMILES string of the molecule is CC(C)Oc1cc(N)c(C=N)cc1Nc1ncnc2sc3c(c12)CC[C@H](C(=O)N1CCCC1)C3. The van der Waals surface area contributed by atoms with Crippen molar-refractivity contribution in [3.8, 4) is 5.75 Å². The zero-order chi connectivity index (χ0) is 23.8. The molecule has 2 aromatic heterocycles. The van der Waals surface area contributed by atoms with Crippen molar-refractivity contribution in [3.63, 3.8) is 0 Å². The average Bonchev–Trinajstić information content (AvgIpc) is 3.47. The topological polar surface area (TPSA) is 117 Å². The Hall–Kier alpha value is -3.20. The number of hydrogen-bond acceptors (Lipinski definition) is 8. The van der Waals surface area contributed by atoms with Crippen LogP contribution in [0.2, 0.25) is 0 Å². The van der Waals surface area contributed by atoms with Crippen LogP contribution >= 0.6 is 11.3 Å². The first-order valence-electron chi connectivity index (χ1n) is 11.9. The van der Waals surface area contributed by atoms with Crippen molar-refractivity contribution in [2.75, 3.05) is 24.1 Å². The van der Waals surface area contributed by atoms with Crippen LogP contribution in [0.25, 0.3) is 10.2 Å². The van der Waals surface area contributed by atoms with Gasteiger partial charge in [0.05, 0.1) is 17.2 Å². The Morgan fingerprint density at radius 3 is 2.85 bits per heavy atom. The number of nitrogen functional groups attached to an aromatic ring is 1. The number of benzene rings is 1. The number of aromatic nitrogens is 2. The molecule has 3 aromatic rings. The number of rotatable bonds is 6. The molecule has 1 aliphatic heterocycles. The van der Waals surface area contributed by atoms with Crippen LogP contribution in [0.3, 0.4) is 0 Å². The molecule has 0 radical (unpaired) electrons. The molecule has 178 valence electrons. The fourth-order valence-corrected chi connectivity index (χ4v) is 6.19. The zero-order valence-corrected chi connectivity index (χ0v) is 20.4. The number of anilines is 3. The maximum absolute atomic E-state index is 13.0. The summed E-state index contributed by atoms with van der Waals surface area (Å²) in [6.45, 7) is 5.72. The minimum Gasteiger partial charge on any atom is -0.489 e. The molecule has 34 heavy (non-hydrogen) atoms. The summed E-state index contributed by atoms with van der Waals surface area (Å²) in [6.07, 6.45) is 7.46. The van der Waals surface area contributed by atoms with Crippen molar-refractivity contribution < 1.29 is 9.53 Å². The predicted octanol–water partition coefficient (Wildman–Crippen LogP) is 4.53. The van der Waals surface area contributed by atoms with Crippen molar-refractivity contribution >= 4 is 50.9 Å². The lowest BCUT2D eigenvalue weighted by Crippen LogP contribution is -2.36. The highest BCUT2D eigenvalue weighted by Crippen LogP contribution is 2.42. The first-order valence-corrected chi connectivity index (χ1v) is 12.7. The number of carbonyl (C=O) groups excluding carboxylic acids is 1. The molecule has 1 fully saturated rings. The lowest BCUT2D eigenvalue weighted by atomic mass is 9.87. The minimum absolute atomic E-state index is 0.0322. The van der Waals surface area contributed by atoms with Gasteiger partial charge in [-0.25, -0.2) is 9.97 Å². The van der Waals surface area contributed by atoms with Gasteiger partial charge in [-0.2, -0.15) is 0 Å². The molecule has 1 amide bonds. The lowest BCUT2D eigenvalue weighted by Gasteiger charge is -2.26. The maximum Gasteiger partial charge on any atom is 0.226 e. The lowest BCUT2D eigenvalue weighted by molar-refractivity contribution is -0.134. The Balaban J connectivity index is 1.49. The van der Waals surface area contributed by atoms with Gasteiger partial charge in [0.25, 0.3) is 0 Å². The normalized spacial score (nSPS) is 17.7. The summed E-state index contributed by atoms with van der Waals surface area (Å²) in [6, 6.07) is 3.57. The third kappa shape index (κ3) is 4.20. The molecule has 1 saturated heterocycles. The molecule has 0 spiro atoms. The molecule has 9 heteroatoms. The van der Waals surface area contributed by atoms with Gasteiger partial charge in [0.2, 0.25) is 5.91 Å². The van der Waals surface area contributed by atoms with Crippen LogP contribution in [0.1, 0.15) is 49.1 Å². The van der Waals surface area contributed by atoms with Gasteiger partial charge in [-0.3, -0.25) is 4.79 Å². The van der Waals surface area contributed by atoms with Crippen LogP contribution in [-0.2, 0) is 17.6 Å². The molecular formula is C25H30N6O2S. The molecule has 0 saturated carbocycles. The summed E-state index contributed by atoms with van der Waals surface area (Å²) in [5, 5.41) is 12.1. The fourth-order valence-electron chi connectivity index (χ4n) is 4.93. The van der Waals surface area contributed by atoms with Crippen molar-refractivity contribution in [2.45, 2.75) is 52.1 Å². The number of likely N-dealkylation sites (tertiary alicyclic amines) is 1. The first kappa shape index (κ1) is 22.6. The Labute approximate surface area is 203 Å². The van der Waals surface area contributed by atoms with Crippen LogP contribution in [0.4, 0.5) is 17.2 Å². The van der Waals surface area contributed by atoms with E-state index in [2.05, 4.69) is 15.3 Å². The second kappa shape index (κ2) is 9.21. The fraction of sp³-hybridized carbons (Fsp3) is 0.440. The van der Waals surface area contributed by atoms with Gasteiger partial charge in [0.1, 0.15) is 22.7 Å². The molecule has 1 aliphatic carbocycles. The van der Waals surface area contributed by atoms with E-state index in [0.717, 1.165) is 55.4 Å². The van der Waals surface area contributed by atoms with E-state index in [9.17, 15) is 4.79 Å². The summed E-state index contributed by atoms with van der Waals surface area (Å²) >= 11 is 1.66. The third-order valence-electron chi connectivity index (χ3n) is 6.57. The monoisotopic (exact) mass is 478 g/mol. The molecule has 8 nitrogen and oxygen atoms in total. The highest BCUT2D eigenvalue weighted by molar-refractivity contribution is 7.19.